The predicted octanol–water partition coefficient (Wildman–Crippen LogP) is 6.25. The van der Waals surface area contributed by atoms with Crippen LogP contribution < -0.4 is 4.74 Å². The Morgan fingerprint density at radius 1 is 0.875 bits per heavy atom. The van der Waals surface area contributed by atoms with Gasteiger partial charge in [-0.3, -0.25) is 9.98 Å². The SMILES string of the molecule is C1=C(/C=C/c2ccc3[nH]ccc3c2)CN=C1/C=C/c1cccc(OCc2ccccn2)c1. The number of hydrogen-bond donors (Lipinski definition) is 1. The summed E-state index contributed by atoms with van der Waals surface area (Å²) in [5, 5.41) is 1.22. The molecule has 3 heterocycles. The summed E-state index contributed by atoms with van der Waals surface area (Å²) in [4.78, 5) is 12.1. The van der Waals surface area contributed by atoms with E-state index < -0.39 is 0 Å². The van der Waals surface area contributed by atoms with Crippen LogP contribution in [0.15, 0.2) is 108 Å². The molecule has 0 unspecified atom stereocenters. The molecule has 2 aromatic carbocycles. The molecular weight excluding hydrogens is 394 g/mol. The lowest BCUT2D eigenvalue weighted by Gasteiger charge is -2.06. The molecule has 156 valence electrons. The highest BCUT2D eigenvalue weighted by Crippen LogP contribution is 2.18. The van der Waals surface area contributed by atoms with Crippen LogP contribution in [-0.4, -0.2) is 22.2 Å². The number of nitrogens with one attached hydrogen (secondary N) is 1. The molecule has 0 fully saturated rings. The molecule has 0 saturated carbocycles. The molecule has 0 atom stereocenters. The predicted molar refractivity (Wildman–Crippen MR) is 132 cm³/mol. The van der Waals surface area contributed by atoms with Gasteiger partial charge in [-0.05, 0) is 76.7 Å². The molecule has 4 nitrogen and oxygen atoms in total. The van der Waals surface area contributed by atoms with E-state index in [1.165, 1.54) is 16.5 Å². The van der Waals surface area contributed by atoms with Crippen LogP contribution in [0.2, 0.25) is 0 Å². The zero-order valence-corrected chi connectivity index (χ0v) is 17.6. The first kappa shape index (κ1) is 19.8. The van der Waals surface area contributed by atoms with Crippen LogP contribution in [0.5, 0.6) is 5.75 Å². The van der Waals surface area contributed by atoms with Crippen LogP contribution in [0.4, 0.5) is 0 Å². The van der Waals surface area contributed by atoms with Gasteiger partial charge < -0.3 is 9.72 Å². The number of aromatic nitrogens is 2. The molecule has 0 aliphatic carbocycles. The highest BCUT2D eigenvalue weighted by atomic mass is 16.5. The van der Waals surface area contributed by atoms with Gasteiger partial charge in [0.2, 0.25) is 0 Å². The summed E-state index contributed by atoms with van der Waals surface area (Å²) in [5.41, 5.74) is 6.50. The van der Waals surface area contributed by atoms with Crippen molar-refractivity contribution in [2.24, 2.45) is 4.99 Å². The van der Waals surface area contributed by atoms with Crippen LogP contribution in [0.1, 0.15) is 16.8 Å². The summed E-state index contributed by atoms with van der Waals surface area (Å²) in [5.74, 6) is 0.824. The third kappa shape index (κ3) is 4.93. The Bertz CT molecular complexity index is 1340. The molecule has 0 radical (unpaired) electrons. The Morgan fingerprint density at radius 3 is 2.75 bits per heavy atom. The summed E-state index contributed by atoms with van der Waals surface area (Å²) >= 11 is 0. The normalized spacial score (nSPS) is 13.8. The number of nitrogens with zero attached hydrogens (tertiary/aromatic N) is 2. The molecule has 1 N–H and O–H groups in total. The minimum atomic E-state index is 0.455. The number of aliphatic imine (C=N–C) groups is 1. The molecular formula is C28H23N3O. The number of fused-ring (bicyclic) bond motifs is 1. The first-order chi connectivity index (χ1) is 15.8. The number of benzene rings is 2. The lowest BCUT2D eigenvalue weighted by molar-refractivity contribution is 0.301. The standard InChI is InChI=1S/C28H23N3O/c1-2-14-29-26(5-1)20-32-27-6-3-4-21(18-27)9-11-25-17-23(19-31-25)8-7-22-10-12-28-24(16-22)13-15-30-28/h1-18,30H,19-20H2/b8-7+,11-9+. The van der Waals surface area contributed by atoms with Gasteiger partial charge in [0.15, 0.2) is 0 Å². The Labute approximate surface area is 187 Å². The van der Waals surface area contributed by atoms with Gasteiger partial charge in [-0.1, -0.05) is 42.5 Å². The van der Waals surface area contributed by atoms with E-state index >= 15 is 0 Å². The van der Waals surface area contributed by atoms with E-state index in [2.05, 4.69) is 69.6 Å². The third-order valence-corrected chi connectivity index (χ3v) is 5.26. The Kier molecular flexibility index (Phi) is 5.75. The number of pyridine rings is 1. The fourth-order valence-electron chi connectivity index (χ4n) is 3.57. The van der Waals surface area contributed by atoms with Gasteiger partial charge in [-0.15, -0.1) is 0 Å². The minimum absolute atomic E-state index is 0.455. The van der Waals surface area contributed by atoms with E-state index in [1.54, 1.807) is 6.20 Å². The second kappa shape index (κ2) is 9.31. The van der Waals surface area contributed by atoms with Gasteiger partial charge >= 0.3 is 0 Å². The number of ether oxygens (including phenoxy) is 1. The van der Waals surface area contributed by atoms with E-state index in [0.717, 1.165) is 28.2 Å². The lowest BCUT2D eigenvalue weighted by atomic mass is 10.1. The Balaban J connectivity index is 1.20. The van der Waals surface area contributed by atoms with E-state index in [0.29, 0.717) is 13.2 Å². The van der Waals surface area contributed by atoms with E-state index in [9.17, 15) is 0 Å². The third-order valence-electron chi connectivity index (χ3n) is 5.26. The number of hydrogen-bond acceptors (Lipinski definition) is 3. The van der Waals surface area contributed by atoms with Crippen LogP contribution >= 0.6 is 0 Å². The van der Waals surface area contributed by atoms with Crippen molar-refractivity contribution in [2.75, 3.05) is 6.54 Å². The second-order valence-electron chi connectivity index (χ2n) is 7.63. The number of aromatic amines is 1. The zero-order valence-electron chi connectivity index (χ0n) is 17.6. The van der Waals surface area contributed by atoms with Crippen LogP contribution in [-0.2, 0) is 6.61 Å². The molecule has 1 aliphatic rings. The van der Waals surface area contributed by atoms with E-state index in [-0.39, 0.29) is 0 Å². The largest absolute Gasteiger partial charge is 0.487 e. The average Bonchev–Trinajstić information content (AvgIpc) is 3.50. The maximum Gasteiger partial charge on any atom is 0.130 e. The Hall–Kier alpha value is -4.18. The molecule has 32 heavy (non-hydrogen) atoms. The Morgan fingerprint density at radius 2 is 1.81 bits per heavy atom. The first-order valence-corrected chi connectivity index (χ1v) is 10.6. The molecule has 4 aromatic rings. The van der Waals surface area contributed by atoms with Crippen molar-refractivity contribution in [2.45, 2.75) is 6.61 Å². The highest BCUT2D eigenvalue weighted by molar-refractivity contribution is 6.08. The van der Waals surface area contributed by atoms with Crippen molar-refractivity contribution in [3.05, 3.63) is 120 Å². The minimum Gasteiger partial charge on any atom is -0.487 e. The van der Waals surface area contributed by atoms with Crippen molar-refractivity contribution >= 4 is 28.8 Å². The molecule has 2 aromatic heterocycles. The molecule has 1 aliphatic heterocycles. The average molecular weight is 418 g/mol. The van der Waals surface area contributed by atoms with Gasteiger partial charge in [0, 0.05) is 17.9 Å². The van der Waals surface area contributed by atoms with Gasteiger partial charge in [0.05, 0.1) is 18.0 Å². The first-order valence-electron chi connectivity index (χ1n) is 10.6. The quantitative estimate of drug-likeness (QED) is 0.386. The van der Waals surface area contributed by atoms with Gasteiger partial charge in [-0.2, -0.15) is 0 Å². The zero-order chi connectivity index (χ0) is 21.6. The molecule has 0 bridgehead atoms. The van der Waals surface area contributed by atoms with E-state index in [4.69, 9.17) is 4.74 Å². The molecule has 0 amide bonds. The molecule has 5 rings (SSSR count). The van der Waals surface area contributed by atoms with Gasteiger partial charge in [-0.25, -0.2) is 0 Å². The fourth-order valence-corrected chi connectivity index (χ4v) is 3.57. The van der Waals surface area contributed by atoms with Crippen LogP contribution in [0.25, 0.3) is 23.1 Å². The van der Waals surface area contributed by atoms with Gasteiger partial charge in [0.1, 0.15) is 12.4 Å². The van der Waals surface area contributed by atoms with Crippen molar-refractivity contribution in [3.63, 3.8) is 0 Å². The number of H-pyrrole nitrogens is 1. The topological polar surface area (TPSA) is 50.3 Å². The lowest BCUT2D eigenvalue weighted by Crippen LogP contribution is -1.97. The summed E-state index contributed by atoms with van der Waals surface area (Å²) < 4.78 is 5.87. The fraction of sp³-hybridized carbons (Fsp3) is 0.0714. The van der Waals surface area contributed by atoms with Crippen molar-refractivity contribution in [3.8, 4) is 5.75 Å². The number of rotatable bonds is 7. The number of allylic oxidation sites excluding steroid dienone is 2. The highest BCUT2D eigenvalue weighted by Gasteiger charge is 2.04. The monoisotopic (exact) mass is 417 g/mol. The molecule has 0 saturated heterocycles. The summed E-state index contributed by atoms with van der Waals surface area (Å²) in [6.07, 6.45) is 14.3. The summed E-state index contributed by atoms with van der Waals surface area (Å²) in [7, 11) is 0. The summed E-state index contributed by atoms with van der Waals surface area (Å²) in [6.45, 7) is 1.16. The molecule has 0 spiro atoms. The van der Waals surface area contributed by atoms with Crippen molar-refractivity contribution in [1.82, 2.24) is 9.97 Å². The van der Waals surface area contributed by atoms with E-state index in [1.807, 2.05) is 48.7 Å². The van der Waals surface area contributed by atoms with Crippen molar-refractivity contribution in [1.29, 1.82) is 0 Å². The van der Waals surface area contributed by atoms with Gasteiger partial charge in [0.25, 0.3) is 0 Å². The van der Waals surface area contributed by atoms with Crippen LogP contribution in [0, 0.1) is 0 Å². The summed E-state index contributed by atoms with van der Waals surface area (Å²) in [6, 6.07) is 22.4. The maximum atomic E-state index is 5.87. The van der Waals surface area contributed by atoms with Crippen molar-refractivity contribution < 1.29 is 4.74 Å². The smallest absolute Gasteiger partial charge is 0.130 e. The maximum absolute atomic E-state index is 5.87. The van der Waals surface area contributed by atoms with Crippen LogP contribution in [0.3, 0.4) is 0 Å². The second-order valence-corrected chi connectivity index (χ2v) is 7.63. The molecule has 4 heteroatoms.